The van der Waals surface area contributed by atoms with Gasteiger partial charge in [0.15, 0.2) is 0 Å². The van der Waals surface area contributed by atoms with Gasteiger partial charge in [-0.2, -0.15) is 0 Å². The number of hydrogen-bond acceptors (Lipinski definition) is 6. The summed E-state index contributed by atoms with van der Waals surface area (Å²) in [7, 11) is 0. The summed E-state index contributed by atoms with van der Waals surface area (Å²) in [6.45, 7) is 11.7. The lowest BCUT2D eigenvalue weighted by Gasteiger charge is -2.48. The third-order valence-corrected chi connectivity index (χ3v) is 4.83. The molecule has 5 nitrogen and oxygen atoms in total. The number of aromatic nitrogens is 2. The fraction of sp³-hybridized carbons (Fsp3) is 0.833. The minimum Gasteiger partial charge on any atom is -0.343 e. The fourth-order valence-electron chi connectivity index (χ4n) is 2.77. The van der Waals surface area contributed by atoms with Crippen LogP contribution in [-0.4, -0.2) is 71.3 Å². The predicted octanol–water partition coefficient (Wildman–Crippen LogP) is 0.753. The Morgan fingerprint density at radius 3 is 2.50 bits per heavy atom. The van der Waals surface area contributed by atoms with E-state index in [9.17, 15) is 0 Å². The Hall–Kier alpha value is -0.720. The first-order valence-corrected chi connectivity index (χ1v) is 7.61. The van der Waals surface area contributed by atoms with Crippen molar-refractivity contribution >= 4 is 16.5 Å². The van der Waals surface area contributed by atoms with E-state index in [1.165, 1.54) is 26.2 Å². The van der Waals surface area contributed by atoms with Crippen LogP contribution in [0.15, 0.2) is 5.51 Å². The van der Waals surface area contributed by atoms with Gasteiger partial charge in [-0.1, -0.05) is 11.3 Å². The lowest BCUT2D eigenvalue weighted by atomic mass is 10.1. The van der Waals surface area contributed by atoms with Gasteiger partial charge in [0.1, 0.15) is 5.51 Å². The monoisotopic (exact) mass is 267 g/mol. The summed E-state index contributed by atoms with van der Waals surface area (Å²) in [4.78, 5) is 7.53. The molecule has 0 bridgehead atoms. The van der Waals surface area contributed by atoms with Crippen LogP contribution in [0.25, 0.3) is 0 Å². The van der Waals surface area contributed by atoms with Gasteiger partial charge >= 0.3 is 0 Å². The molecular weight excluding hydrogens is 246 g/mol. The van der Waals surface area contributed by atoms with Gasteiger partial charge < -0.3 is 4.90 Å². The van der Waals surface area contributed by atoms with Crippen molar-refractivity contribution in [2.24, 2.45) is 0 Å². The maximum atomic E-state index is 4.12. The molecule has 2 fully saturated rings. The molecule has 0 atom stereocenters. The molecule has 1 aromatic heterocycles. The summed E-state index contributed by atoms with van der Waals surface area (Å²) in [5.41, 5.74) is 1.81. The van der Waals surface area contributed by atoms with Crippen LogP contribution in [0.4, 0.5) is 5.13 Å². The smallest absolute Gasteiger partial charge is 0.208 e. The molecule has 0 radical (unpaired) electrons. The van der Waals surface area contributed by atoms with Gasteiger partial charge in [0.2, 0.25) is 5.13 Å². The van der Waals surface area contributed by atoms with E-state index in [2.05, 4.69) is 38.7 Å². The molecule has 0 aliphatic carbocycles. The van der Waals surface area contributed by atoms with Crippen LogP contribution < -0.4 is 4.90 Å². The Morgan fingerprint density at radius 1 is 1.22 bits per heavy atom. The molecule has 0 spiro atoms. The van der Waals surface area contributed by atoms with Crippen molar-refractivity contribution in [1.29, 1.82) is 0 Å². The van der Waals surface area contributed by atoms with Crippen LogP contribution in [0.2, 0.25) is 0 Å². The second kappa shape index (κ2) is 5.11. The second-order valence-corrected chi connectivity index (χ2v) is 6.26. The van der Waals surface area contributed by atoms with Crippen LogP contribution in [0, 0.1) is 0 Å². The van der Waals surface area contributed by atoms with Gasteiger partial charge in [0.05, 0.1) is 0 Å². The van der Waals surface area contributed by atoms with Crippen LogP contribution in [0.3, 0.4) is 0 Å². The second-order valence-electron chi connectivity index (χ2n) is 5.45. The molecule has 0 unspecified atom stereocenters. The summed E-state index contributed by atoms with van der Waals surface area (Å²) in [5, 5.41) is 9.10. The highest BCUT2D eigenvalue weighted by Gasteiger charge is 2.34. The Balaban J connectivity index is 1.46. The van der Waals surface area contributed by atoms with Gasteiger partial charge in [-0.25, -0.2) is 0 Å². The third-order valence-electron chi connectivity index (χ3n) is 4.08. The molecule has 3 heterocycles. The van der Waals surface area contributed by atoms with E-state index < -0.39 is 0 Å². The molecule has 0 amide bonds. The zero-order valence-corrected chi connectivity index (χ0v) is 11.9. The Labute approximate surface area is 112 Å². The molecule has 2 saturated heterocycles. The molecule has 1 aromatic rings. The summed E-state index contributed by atoms with van der Waals surface area (Å²) >= 11 is 1.64. The number of hydrogen-bond donors (Lipinski definition) is 0. The lowest BCUT2D eigenvalue weighted by Crippen LogP contribution is -2.63. The van der Waals surface area contributed by atoms with Crippen LogP contribution in [0.1, 0.15) is 13.8 Å². The number of nitrogens with zero attached hydrogens (tertiary/aromatic N) is 5. The zero-order valence-electron chi connectivity index (χ0n) is 11.1. The van der Waals surface area contributed by atoms with E-state index in [4.69, 9.17) is 0 Å². The van der Waals surface area contributed by atoms with E-state index >= 15 is 0 Å². The third kappa shape index (κ3) is 2.37. The largest absolute Gasteiger partial charge is 0.343 e. The van der Waals surface area contributed by atoms with E-state index in [0.29, 0.717) is 6.04 Å². The maximum Gasteiger partial charge on any atom is 0.208 e. The molecule has 100 valence electrons. The number of rotatable bonds is 3. The SMILES string of the molecule is CC(C)N1CCN(C2CN(c3nncs3)C2)CC1. The standard InChI is InChI=1S/C12H21N5S/c1-10(2)15-3-5-16(6-4-15)11-7-17(8-11)12-14-13-9-18-12/h9-11H,3-8H2,1-2H3. The lowest BCUT2D eigenvalue weighted by molar-refractivity contribution is 0.0678. The van der Waals surface area contributed by atoms with Crippen molar-refractivity contribution in [3.63, 3.8) is 0 Å². The van der Waals surface area contributed by atoms with E-state index in [1.54, 1.807) is 11.3 Å². The number of anilines is 1. The van der Waals surface area contributed by atoms with Crippen molar-refractivity contribution < 1.29 is 0 Å². The molecule has 18 heavy (non-hydrogen) atoms. The molecule has 3 rings (SSSR count). The summed E-state index contributed by atoms with van der Waals surface area (Å²) in [6, 6.07) is 1.41. The fourth-order valence-corrected chi connectivity index (χ4v) is 3.35. The van der Waals surface area contributed by atoms with Gasteiger partial charge in [0.25, 0.3) is 0 Å². The van der Waals surface area contributed by atoms with Crippen molar-refractivity contribution in [2.75, 3.05) is 44.2 Å². The van der Waals surface area contributed by atoms with Crippen LogP contribution in [-0.2, 0) is 0 Å². The van der Waals surface area contributed by atoms with Crippen molar-refractivity contribution in [2.45, 2.75) is 25.9 Å². The van der Waals surface area contributed by atoms with E-state index in [1.807, 2.05) is 5.51 Å². The molecule has 6 heteroatoms. The Morgan fingerprint density at radius 2 is 1.94 bits per heavy atom. The number of piperazine rings is 1. The highest BCUT2D eigenvalue weighted by Crippen LogP contribution is 2.25. The van der Waals surface area contributed by atoms with E-state index in [-0.39, 0.29) is 0 Å². The zero-order chi connectivity index (χ0) is 12.5. The maximum absolute atomic E-state index is 4.12. The first-order valence-electron chi connectivity index (χ1n) is 6.73. The highest BCUT2D eigenvalue weighted by atomic mass is 32.1. The molecule has 0 N–H and O–H groups in total. The average molecular weight is 267 g/mol. The normalized spacial score (nSPS) is 23.6. The minimum absolute atomic E-state index is 0.687. The molecule has 0 saturated carbocycles. The predicted molar refractivity (Wildman–Crippen MR) is 74.2 cm³/mol. The quantitative estimate of drug-likeness (QED) is 0.808. The molecular formula is C12H21N5S. The Kier molecular flexibility index (Phi) is 3.50. The van der Waals surface area contributed by atoms with Gasteiger partial charge in [-0.3, -0.25) is 9.80 Å². The average Bonchev–Trinajstić information content (AvgIpc) is 2.81. The van der Waals surface area contributed by atoms with Crippen LogP contribution >= 0.6 is 11.3 Å². The van der Waals surface area contributed by atoms with Gasteiger partial charge in [-0.05, 0) is 13.8 Å². The summed E-state index contributed by atoms with van der Waals surface area (Å²) in [6.07, 6.45) is 0. The summed E-state index contributed by atoms with van der Waals surface area (Å²) in [5.74, 6) is 0. The van der Waals surface area contributed by atoms with Crippen molar-refractivity contribution in [3.05, 3.63) is 5.51 Å². The van der Waals surface area contributed by atoms with Crippen molar-refractivity contribution in [1.82, 2.24) is 20.0 Å². The summed E-state index contributed by atoms with van der Waals surface area (Å²) < 4.78 is 0. The minimum atomic E-state index is 0.687. The highest BCUT2D eigenvalue weighted by molar-refractivity contribution is 7.13. The molecule has 0 aromatic carbocycles. The van der Waals surface area contributed by atoms with Crippen LogP contribution in [0.5, 0.6) is 0 Å². The first-order chi connectivity index (χ1) is 8.74. The Bertz CT molecular complexity index is 366. The van der Waals surface area contributed by atoms with Gasteiger partial charge in [0, 0.05) is 51.4 Å². The topological polar surface area (TPSA) is 35.5 Å². The van der Waals surface area contributed by atoms with Gasteiger partial charge in [-0.15, -0.1) is 10.2 Å². The molecule has 2 aliphatic rings. The van der Waals surface area contributed by atoms with Crippen molar-refractivity contribution in [3.8, 4) is 0 Å². The van der Waals surface area contributed by atoms with E-state index in [0.717, 1.165) is 24.3 Å². The first kappa shape index (κ1) is 12.3. The molecule has 2 aliphatic heterocycles.